The maximum absolute atomic E-state index is 4.35. The molecule has 0 bridgehead atoms. The molecule has 0 atom stereocenters. The molecule has 0 saturated heterocycles. The van der Waals surface area contributed by atoms with Gasteiger partial charge < -0.3 is 0 Å². The van der Waals surface area contributed by atoms with Gasteiger partial charge in [0.05, 0.1) is 0 Å². The van der Waals surface area contributed by atoms with Crippen LogP contribution in [0.5, 0.6) is 0 Å². The van der Waals surface area contributed by atoms with Gasteiger partial charge >= 0.3 is 47.6 Å². The molecule has 0 aliphatic rings. The molecule has 0 N–H and O–H groups in total. The Hall–Kier alpha value is 0.358. The van der Waals surface area contributed by atoms with E-state index in [1.165, 1.54) is 0 Å². The summed E-state index contributed by atoms with van der Waals surface area (Å²) in [6.07, 6.45) is 0. The molecule has 0 aromatic carbocycles. The first kappa shape index (κ1) is 6.36. The summed E-state index contributed by atoms with van der Waals surface area (Å²) in [7, 11) is 0. The van der Waals surface area contributed by atoms with Crippen LogP contribution in [0.2, 0.25) is 11.4 Å². The quantitative estimate of drug-likeness (QED) is 0.323. The van der Waals surface area contributed by atoms with Crippen molar-refractivity contribution >= 4 is 32.3 Å². The van der Waals surface area contributed by atoms with Gasteiger partial charge in [0.25, 0.3) is 0 Å². The van der Waals surface area contributed by atoms with E-state index >= 15 is 0 Å². The predicted molar refractivity (Wildman–Crippen MR) is 32.5 cm³/mol. The Morgan fingerprint density at radius 2 is 2.17 bits per heavy atom. The zero-order valence-corrected chi connectivity index (χ0v) is 6.50. The minimum absolute atomic E-state index is 0.814. The number of isothiocyanates is 1. The van der Waals surface area contributed by atoms with Gasteiger partial charge in [-0.2, -0.15) is 0 Å². The molecule has 0 amide bonds. The van der Waals surface area contributed by atoms with Crippen molar-refractivity contribution in [1.29, 1.82) is 0 Å². The third kappa shape index (κ3) is 4.36. The zero-order chi connectivity index (χ0) is 4.99. The fourth-order valence-corrected chi connectivity index (χ4v) is 1.27. The van der Waals surface area contributed by atoms with E-state index in [2.05, 4.69) is 32.7 Å². The molecule has 1 nitrogen and oxygen atoms in total. The van der Waals surface area contributed by atoms with Crippen LogP contribution in [0.25, 0.3) is 0 Å². The second kappa shape index (κ2) is 3.55. The molecule has 0 unspecified atom stereocenters. The molecule has 0 saturated carbocycles. The average Bonchev–Trinajstić information content (AvgIpc) is 1.35. The SMILES string of the molecule is C[As](C)N=C=S. The van der Waals surface area contributed by atoms with E-state index in [1.54, 1.807) is 0 Å². The first-order chi connectivity index (χ1) is 2.77. The van der Waals surface area contributed by atoms with Crippen molar-refractivity contribution in [2.45, 2.75) is 11.4 Å². The first-order valence-electron chi connectivity index (χ1n) is 1.52. The summed E-state index contributed by atoms with van der Waals surface area (Å²) in [4.78, 5) is 0. The second-order valence-corrected chi connectivity index (χ2v) is 5.20. The summed E-state index contributed by atoms with van der Waals surface area (Å²) in [6.45, 7) is 0. The van der Waals surface area contributed by atoms with Crippen LogP contribution in [-0.4, -0.2) is 20.0 Å². The van der Waals surface area contributed by atoms with Crippen molar-refractivity contribution in [2.75, 3.05) is 0 Å². The second-order valence-electron chi connectivity index (χ2n) is 1.04. The fourth-order valence-electron chi connectivity index (χ4n) is 0.0816. The Bertz CT molecular complexity index is 74.9. The van der Waals surface area contributed by atoms with Crippen LogP contribution in [0.3, 0.4) is 0 Å². The van der Waals surface area contributed by atoms with E-state index in [0.29, 0.717) is 0 Å². The Balaban J connectivity index is 3.29. The Morgan fingerprint density at radius 1 is 1.67 bits per heavy atom. The monoisotopic (exact) mass is 163 g/mol. The Morgan fingerprint density at radius 3 is 2.17 bits per heavy atom. The summed E-state index contributed by atoms with van der Waals surface area (Å²) in [5.74, 6) is 0. The number of thiocarbonyl (C=S) groups is 1. The molecule has 0 radical (unpaired) electrons. The zero-order valence-electron chi connectivity index (χ0n) is 3.80. The van der Waals surface area contributed by atoms with Crippen molar-refractivity contribution in [3.63, 3.8) is 0 Å². The van der Waals surface area contributed by atoms with Gasteiger partial charge in [-0.15, -0.1) is 0 Å². The van der Waals surface area contributed by atoms with Gasteiger partial charge in [-0.3, -0.25) is 0 Å². The summed E-state index contributed by atoms with van der Waals surface area (Å²) < 4.78 is 3.84. The Labute approximate surface area is 48.0 Å². The summed E-state index contributed by atoms with van der Waals surface area (Å²) in [5.41, 5.74) is 4.21. The summed E-state index contributed by atoms with van der Waals surface area (Å²) in [5, 5.41) is 2.34. The molecule has 34 valence electrons. The molecule has 0 aromatic rings. The molecule has 0 aliphatic carbocycles. The number of hydrogen-bond acceptors (Lipinski definition) is 2. The van der Waals surface area contributed by atoms with Crippen molar-refractivity contribution in [2.24, 2.45) is 3.91 Å². The molecule has 3 heteroatoms. The van der Waals surface area contributed by atoms with Crippen molar-refractivity contribution in [3.05, 3.63) is 0 Å². The number of hydrogen-bond donors (Lipinski definition) is 0. The van der Waals surface area contributed by atoms with Crippen LogP contribution in [0, 0.1) is 0 Å². The minimum atomic E-state index is -0.814. The van der Waals surface area contributed by atoms with Crippen molar-refractivity contribution < 1.29 is 0 Å². The fraction of sp³-hybridized carbons (Fsp3) is 0.667. The number of rotatable bonds is 1. The molecule has 0 fully saturated rings. The van der Waals surface area contributed by atoms with Crippen LogP contribution < -0.4 is 0 Å². The molecule has 0 aliphatic heterocycles. The molecular weight excluding hydrogens is 157 g/mol. The molecular formula is C3H6AsNS. The maximum atomic E-state index is 4.35. The summed E-state index contributed by atoms with van der Waals surface area (Å²) in [6, 6.07) is 0. The number of nitrogens with zero attached hydrogens (tertiary/aromatic N) is 1. The molecule has 0 spiro atoms. The van der Waals surface area contributed by atoms with E-state index in [9.17, 15) is 0 Å². The van der Waals surface area contributed by atoms with E-state index in [4.69, 9.17) is 0 Å². The van der Waals surface area contributed by atoms with E-state index in [0.717, 1.165) is 0 Å². The van der Waals surface area contributed by atoms with Crippen LogP contribution in [0.1, 0.15) is 0 Å². The standard InChI is InChI=1S/C3H6AsNS/c1-4(2)5-3-6/h1-2H3. The molecule has 0 aromatic heterocycles. The van der Waals surface area contributed by atoms with Gasteiger partial charge in [-0.05, 0) is 0 Å². The van der Waals surface area contributed by atoms with E-state index in [1.807, 2.05) is 0 Å². The van der Waals surface area contributed by atoms with Gasteiger partial charge in [-0.1, -0.05) is 0 Å². The van der Waals surface area contributed by atoms with Gasteiger partial charge in [0.15, 0.2) is 0 Å². The molecule has 6 heavy (non-hydrogen) atoms. The predicted octanol–water partition coefficient (Wildman–Crippen LogP) is 1.34. The topological polar surface area (TPSA) is 12.4 Å². The third-order valence-corrected chi connectivity index (χ3v) is 1.68. The average molecular weight is 163 g/mol. The van der Waals surface area contributed by atoms with Crippen LogP contribution >= 0.6 is 12.2 Å². The summed E-state index contributed by atoms with van der Waals surface area (Å²) >= 11 is 3.53. The van der Waals surface area contributed by atoms with E-state index < -0.39 is 14.9 Å². The Kier molecular flexibility index (Phi) is 3.76. The van der Waals surface area contributed by atoms with Gasteiger partial charge in [-0.25, -0.2) is 0 Å². The molecule has 0 heterocycles. The van der Waals surface area contributed by atoms with E-state index in [-0.39, 0.29) is 0 Å². The van der Waals surface area contributed by atoms with Crippen LogP contribution in [0.15, 0.2) is 3.91 Å². The van der Waals surface area contributed by atoms with Gasteiger partial charge in [0.1, 0.15) is 0 Å². The van der Waals surface area contributed by atoms with Crippen LogP contribution in [0.4, 0.5) is 0 Å². The third-order valence-electron chi connectivity index (χ3n) is 0.241. The first-order valence-corrected chi connectivity index (χ1v) is 6.52. The van der Waals surface area contributed by atoms with Crippen molar-refractivity contribution in [1.82, 2.24) is 0 Å². The van der Waals surface area contributed by atoms with Crippen LogP contribution in [-0.2, 0) is 0 Å². The van der Waals surface area contributed by atoms with Crippen molar-refractivity contribution in [3.8, 4) is 0 Å². The normalized spacial score (nSPS) is 7.83. The molecule has 0 rings (SSSR count). The van der Waals surface area contributed by atoms with Gasteiger partial charge in [0.2, 0.25) is 0 Å². The van der Waals surface area contributed by atoms with Gasteiger partial charge in [0, 0.05) is 0 Å².